The van der Waals surface area contributed by atoms with Crippen LogP contribution in [0.5, 0.6) is 0 Å². The van der Waals surface area contributed by atoms with Crippen LogP contribution in [0.4, 0.5) is 8.78 Å². The van der Waals surface area contributed by atoms with E-state index in [1.807, 2.05) is 0 Å². The van der Waals surface area contributed by atoms with E-state index in [2.05, 4.69) is 16.7 Å². The molecule has 0 aromatic heterocycles. The summed E-state index contributed by atoms with van der Waals surface area (Å²) in [7, 11) is 0. The van der Waals surface area contributed by atoms with Gasteiger partial charge in [0.1, 0.15) is 30.4 Å². The van der Waals surface area contributed by atoms with E-state index in [-0.39, 0.29) is 24.6 Å². The molecule has 1 aliphatic heterocycles. The summed E-state index contributed by atoms with van der Waals surface area (Å²) in [6.07, 6.45) is 0. The molecule has 2 atom stereocenters. The minimum atomic E-state index is -2.28. The summed E-state index contributed by atoms with van der Waals surface area (Å²) >= 11 is 0. The van der Waals surface area contributed by atoms with E-state index >= 15 is 0 Å². The first-order valence-corrected chi connectivity index (χ1v) is 5.77. The zero-order chi connectivity index (χ0) is 14.1. The lowest BCUT2D eigenvalue weighted by Gasteiger charge is -2.35. The van der Waals surface area contributed by atoms with Crippen molar-refractivity contribution in [1.29, 1.82) is 0 Å². The van der Waals surface area contributed by atoms with Crippen molar-refractivity contribution < 1.29 is 13.5 Å². The summed E-state index contributed by atoms with van der Waals surface area (Å²) in [5.41, 5.74) is 4.10. The van der Waals surface area contributed by atoms with Crippen molar-refractivity contribution in [3.05, 3.63) is 35.6 Å². The van der Waals surface area contributed by atoms with Crippen LogP contribution in [0.15, 0.2) is 34.3 Å². The third-order valence-electron chi connectivity index (χ3n) is 3.31. The molecule has 2 unspecified atom stereocenters. The average Bonchev–Trinajstić information content (AvgIpc) is 2.48. The molecule has 0 saturated heterocycles. The second kappa shape index (κ2) is 4.70. The van der Waals surface area contributed by atoms with Crippen LogP contribution in [0.2, 0.25) is 0 Å². The summed E-state index contributed by atoms with van der Waals surface area (Å²) in [6.45, 7) is 4.26. The Morgan fingerprint density at radius 3 is 2.79 bits per heavy atom. The molecule has 0 aliphatic carbocycles. The van der Waals surface area contributed by atoms with Gasteiger partial charge in [-0.1, -0.05) is 18.2 Å². The summed E-state index contributed by atoms with van der Waals surface area (Å²) in [5.74, 6) is -2.76. The highest BCUT2D eigenvalue weighted by Crippen LogP contribution is 2.42. The van der Waals surface area contributed by atoms with E-state index in [9.17, 15) is 8.78 Å². The molecule has 102 valence electrons. The quantitative estimate of drug-likeness (QED) is 0.656. The van der Waals surface area contributed by atoms with Crippen molar-refractivity contribution in [2.45, 2.75) is 18.3 Å². The second-order valence-corrected chi connectivity index (χ2v) is 4.57. The minimum absolute atomic E-state index is 0.0226. The maximum absolute atomic E-state index is 15.0. The normalized spacial score (nSPS) is 31.4. The Balaban J connectivity index is 2.67. The van der Waals surface area contributed by atoms with Crippen molar-refractivity contribution in [1.82, 2.24) is 0 Å². The molecule has 0 spiro atoms. The summed E-state index contributed by atoms with van der Waals surface area (Å²) in [6, 6.07) is 5.81. The molecule has 1 aromatic carbocycles. The third kappa shape index (κ3) is 2.12. The number of halogens is 2. The predicted octanol–water partition coefficient (Wildman–Crippen LogP) is 1.79. The summed E-state index contributed by atoms with van der Waals surface area (Å²) in [4.78, 5) is 7.56. The lowest BCUT2D eigenvalue weighted by molar-refractivity contribution is -0.00777. The number of rotatable bonds is 2. The Morgan fingerprint density at radius 2 is 2.16 bits per heavy atom. The fourth-order valence-corrected chi connectivity index (χ4v) is 2.16. The number of hydrogen-bond donors (Lipinski definition) is 1. The fraction of sp³-hybridized carbons (Fsp3) is 0.385. The number of nitrogens with two attached hydrogens (primary N) is 1. The van der Waals surface area contributed by atoms with Gasteiger partial charge >= 0.3 is 0 Å². The standard InChI is InChI=1S/C13H15F2N3O/c1-12(9-5-3-4-6-10(9)14)13(15,17-2)8-19-7-11(16)18-12/h3-6H,2,7-8H2,1H3,(H2,16,18). The zero-order valence-corrected chi connectivity index (χ0v) is 10.6. The number of hydrogen-bond acceptors (Lipinski definition) is 4. The van der Waals surface area contributed by atoms with Gasteiger partial charge in [-0.15, -0.1) is 0 Å². The van der Waals surface area contributed by atoms with E-state index in [0.29, 0.717) is 0 Å². The first-order chi connectivity index (χ1) is 8.93. The number of nitrogens with zero attached hydrogens (tertiary/aromatic N) is 2. The molecule has 6 heteroatoms. The molecule has 0 saturated carbocycles. The van der Waals surface area contributed by atoms with Gasteiger partial charge in [0.25, 0.3) is 5.79 Å². The van der Waals surface area contributed by atoms with E-state index in [1.54, 1.807) is 6.07 Å². The minimum Gasteiger partial charge on any atom is -0.385 e. The van der Waals surface area contributed by atoms with Crippen LogP contribution < -0.4 is 5.73 Å². The van der Waals surface area contributed by atoms with Crippen LogP contribution in [-0.4, -0.2) is 31.6 Å². The Bertz CT molecular complexity index is 534. The smallest absolute Gasteiger partial charge is 0.251 e. The molecule has 1 aliphatic rings. The van der Waals surface area contributed by atoms with Crippen molar-refractivity contribution in [2.24, 2.45) is 15.7 Å². The molecule has 0 radical (unpaired) electrons. The predicted molar refractivity (Wildman–Crippen MR) is 69.6 cm³/mol. The van der Waals surface area contributed by atoms with Crippen molar-refractivity contribution in [3.63, 3.8) is 0 Å². The highest BCUT2D eigenvalue weighted by atomic mass is 19.1. The van der Waals surface area contributed by atoms with Crippen molar-refractivity contribution in [3.8, 4) is 0 Å². The molecule has 4 nitrogen and oxygen atoms in total. The van der Waals surface area contributed by atoms with E-state index < -0.39 is 17.1 Å². The topological polar surface area (TPSA) is 60.0 Å². The Kier molecular flexibility index (Phi) is 3.36. The van der Waals surface area contributed by atoms with Gasteiger partial charge in [-0.05, 0) is 19.7 Å². The van der Waals surface area contributed by atoms with Gasteiger partial charge in [-0.2, -0.15) is 0 Å². The molecule has 0 amide bonds. The monoisotopic (exact) mass is 267 g/mol. The zero-order valence-electron chi connectivity index (χ0n) is 10.6. The average molecular weight is 267 g/mol. The van der Waals surface area contributed by atoms with Gasteiger partial charge in [-0.25, -0.2) is 8.78 Å². The fourth-order valence-electron chi connectivity index (χ4n) is 2.16. The maximum Gasteiger partial charge on any atom is 0.251 e. The van der Waals surface area contributed by atoms with Gasteiger partial charge in [0, 0.05) is 5.56 Å². The molecule has 1 aromatic rings. The number of benzene rings is 1. The largest absolute Gasteiger partial charge is 0.385 e. The van der Waals surface area contributed by atoms with Crippen LogP contribution in [0.3, 0.4) is 0 Å². The molecule has 1 heterocycles. The van der Waals surface area contributed by atoms with Crippen molar-refractivity contribution >= 4 is 12.6 Å². The molecule has 0 fully saturated rings. The van der Waals surface area contributed by atoms with E-state index in [4.69, 9.17) is 10.5 Å². The summed E-state index contributed by atoms with van der Waals surface area (Å²) in [5, 5.41) is 0. The second-order valence-electron chi connectivity index (χ2n) is 4.57. The lowest BCUT2D eigenvalue weighted by Crippen LogP contribution is -2.47. The Hall–Kier alpha value is -1.82. The third-order valence-corrected chi connectivity index (χ3v) is 3.31. The van der Waals surface area contributed by atoms with E-state index in [1.165, 1.54) is 25.1 Å². The summed E-state index contributed by atoms with van der Waals surface area (Å²) < 4.78 is 34.0. The van der Waals surface area contributed by atoms with Crippen LogP contribution in [0, 0.1) is 5.82 Å². The molecule has 19 heavy (non-hydrogen) atoms. The molecule has 0 bridgehead atoms. The van der Waals surface area contributed by atoms with Gasteiger partial charge < -0.3 is 10.5 Å². The molecular formula is C13H15F2N3O. The number of alkyl halides is 1. The maximum atomic E-state index is 15.0. The van der Waals surface area contributed by atoms with Gasteiger partial charge in [0.2, 0.25) is 0 Å². The SMILES string of the molecule is C=NC1(F)COCC(N)=NC1(C)c1ccccc1F. The molecular weight excluding hydrogens is 252 g/mol. The number of amidine groups is 1. The lowest BCUT2D eigenvalue weighted by atomic mass is 9.83. The van der Waals surface area contributed by atoms with Gasteiger partial charge in [0.15, 0.2) is 0 Å². The van der Waals surface area contributed by atoms with Crippen LogP contribution in [-0.2, 0) is 10.3 Å². The molecule has 2 rings (SSSR count). The molecule has 2 N–H and O–H groups in total. The van der Waals surface area contributed by atoms with Crippen LogP contribution >= 0.6 is 0 Å². The van der Waals surface area contributed by atoms with Crippen LogP contribution in [0.1, 0.15) is 12.5 Å². The highest BCUT2D eigenvalue weighted by Gasteiger charge is 2.53. The van der Waals surface area contributed by atoms with Gasteiger partial charge in [-0.3, -0.25) is 9.98 Å². The first kappa shape index (κ1) is 13.6. The van der Waals surface area contributed by atoms with Gasteiger partial charge in [0.05, 0.1) is 0 Å². The highest BCUT2D eigenvalue weighted by molar-refractivity contribution is 5.82. The van der Waals surface area contributed by atoms with Crippen molar-refractivity contribution in [2.75, 3.05) is 13.2 Å². The first-order valence-electron chi connectivity index (χ1n) is 5.77. The number of aliphatic imine (C=N–C) groups is 2. The van der Waals surface area contributed by atoms with E-state index in [0.717, 1.165) is 0 Å². The van der Waals surface area contributed by atoms with Crippen LogP contribution in [0.25, 0.3) is 0 Å². The number of ether oxygens (including phenoxy) is 1. The Labute approximate surface area is 110 Å². The Morgan fingerprint density at radius 1 is 1.47 bits per heavy atom.